The summed E-state index contributed by atoms with van der Waals surface area (Å²) in [4.78, 5) is 94.5. The van der Waals surface area contributed by atoms with E-state index in [1.54, 1.807) is 81.3 Å². The number of carbonyl (C=O) groups excluding carboxylic acids is 6. The Morgan fingerprint density at radius 2 is 1.51 bits per heavy atom. The van der Waals surface area contributed by atoms with Crippen molar-refractivity contribution in [1.82, 2.24) is 30.8 Å². The third kappa shape index (κ3) is 12.3. The Kier molecular flexibility index (Phi) is 15.9. The van der Waals surface area contributed by atoms with Crippen LogP contribution in [-0.2, 0) is 35.3 Å². The number of aliphatic hydroxyl groups is 1. The van der Waals surface area contributed by atoms with Crippen LogP contribution in [0.25, 0.3) is 21.3 Å². The van der Waals surface area contributed by atoms with Crippen LogP contribution in [0.1, 0.15) is 64.1 Å². The highest BCUT2D eigenvalue weighted by molar-refractivity contribution is 7.13. The number of nitrogens with zero attached hydrogens (tertiary/aromatic N) is 4. The molecule has 2 aromatic heterocycles. The van der Waals surface area contributed by atoms with Gasteiger partial charge in [-0.1, -0.05) is 45.0 Å². The van der Waals surface area contributed by atoms with Crippen LogP contribution in [0, 0.1) is 29.5 Å². The van der Waals surface area contributed by atoms with Crippen LogP contribution in [0.2, 0.25) is 0 Å². The Balaban J connectivity index is 0.753. The molecule has 1 saturated carbocycles. The summed E-state index contributed by atoms with van der Waals surface area (Å²) in [5, 5.41) is 25.4. The number of aryl methyl sites for hydroxylation is 1. The number of piperidine rings is 1. The number of halogens is 1. The monoisotopic (exact) mass is 1070 g/mol. The molecule has 6 aromatic rings. The van der Waals surface area contributed by atoms with Crippen LogP contribution < -0.4 is 41.0 Å². The second kappa shape index (κ2) is 22.7. The first kappa shape index (κ1) is 53.8. The smallest absolute Gasteiger partial charge is 0.246 e. The van der Waals surface area contributed by atoms with Crippen LogP contribution in [0.5, 0.6) is 17.2 Å². The van der Waals surface area contributed by atoms with Gasteiger partial charge in [-0.2, -0.15) is 0 Å². The second-order valence-electron chi connectivity index (χ2n) is 20.9. The summed E-state index contributed by atoms with van der Waals surface area (Å²) in [6.07, 6.45) is 2.55. The Labute approximate surface area is 449 Å². The molecule has 2 aliphatic heterocycles. The average Bonchev–Trinajstić information content (AvgIpc) is 4.00. The van der Waals surface area contributed by atoms with Gasteiger partial charge in [-0.3, -0.25) is 33.8 Å². The van der Waals surface area contributed by atoms with Gasteiger partial charge >= 0.3 is 0 Å². The molecular formula is C57H62FN9O9S. The Morgan fingerprint density at radius 1 is 0.844 bits per heavy atom. The number of anilines is 3. The highest BCUT2D eigenvalue weighted by Crippen LogP contribution is 2.48. The van der Waals surface area contributed by atoms with Crippen molar-refractivity contribution in [1.29, 1.82) is 0 Å². The number of nitrogens with one attached hydrogen (secondary N) is 5. The minimum atomic E-state index is -1.21. The highest BCUT2D eigenvalue weighted by Gasteiger charge is 2.56. The summed E-state index contributed by atoms with van der Waals surface area (Å²) in [6, 6.07) is 23.5. The van der Waals surface area contributed by atoms with Gasteiger partial charge in [0, 0.05) is 61.5 Å². The average molecular weight is 1070 g/mol. The van der Waals surface area contributed by atoms with E-state index < -0.39 is 64.4 Å². The summed E-state index contributed by atoms with van der Waals surface area (Å²) in [6.45, 7) is 8.19. The number of methoxy groups -OCH3 is 1. The first-order valence-corrected chi connectivity index (χ1v) is 26.5. The number of likely N-dealkylation sites (tertiary alicyclic amines) is 1. The SMILES string of the molecule is COc1cc2c(Oc3ccc(NC(=O)C4(C(=O)Nc5ccc(F)cc5)CC4)cc3)ccnc2cc1N1CCC(C(=O)NCC(=O)N[C@H](C(=O)N2C[C@H](O)C[C@H]2C(=O)NCc2ccc(-c3scnc3C)cc2)C(C)(C)C)CC1. The van der Waals surface area contributed by atoms with Crippen molar-refractivity contribution >= 4 is 74.7 Å². The number of pyridine rings is 1. The highest BCUT2D eigenvalue weighted by atomic mass is 32.1. The third-order valence-electron chi connectivity index (χ3n) is 14.4. The molecule has 1 aliphatic carbocycles. The molecule has 3 aliphatic rings. The standard InChI is InChI=1S/C57H62FN9O9S/c1-33-49(77-32-62-33)35-8-6-34(7-9-35)29-60-52(71)45-26-40(68)31-67(45)53(72)50(56(2,3)4)65-48(69)30-61-51(70)36-19-24-66(25-20-36)44-28-43-42(27-47(44)75-5)46(18-23-59-43)76-41-16-14-39(15-17-41)64-55(74)57(21-22-57)54(73)63-38-12-10-37(58)11-13-38/h6-18,23,27-28,32,36,40,45,50,68H,19-22,24-26,29-31H2,1-5H3,(H,60,71)(H,61,70)(H,63,73)(H,64,74)(H,65,69)/t40-,45+,50-/m1/s1. The molecular weight excluding hydrogens is 1010 g/mol. The number of β-amino-alcohol motifs (C(OH)–C–C–N with tert-alkyl or cyclic N) is 1. The van der Waals surface area contributed by atoms with Crippen LogP contribution in [0.3, 0.4) is 0 Å². The van der Waals surface area contributed by atoms with E-state index in [4.69, 9.17) is 9.47 Å². The number of carbonyl (C=O) groups is 6. The minimum Gasteiger partial charge on any atom is -0.495 e. The van der Waals surface area contributed by atoms with Gasteiger partial charge in [0.15, 0.2) is 0 Å². The van der Waals surface area contributed by atoms with E-state index in [1.807, 2.05) is 43.3 Å². The summed E-state index contributed by atoms with van der Waals surface area (Å²) in [7, 11) is 1.58. The molecule has 0 radical (unpaired) electrons. The Hall–Kier alpha value is -7.97. The number of aliphatic hydroxyl groups excluding tert-OH is 1. The fourth-order valence-electron chi connectivity index (χ4n) is 9.77. The van der Waals surface area contributed by atoms with Gasteiger partial charge < -0.3 is 51.0 Å². The van der Waals surface area contributed by atoms with Gasteiger partial charge in [0.1, 0.15) is 40.6 Å². The molecule has 6 amide bonds. The van der Waals surface area contributed by atoms with Crippen molar-refractivity contribution in [2.75, 3.05) is 48.8 Å². The van der Waals surface area contributed by atoms with E-state index in [0.717, 1.165) is 27.4 Å². The molecule has 18 nitrogen and oxygen atoms in total. The molecule has 77 heavy (non-hydrogen) atoms. The molecule has 402 valence electrons. The number of fused-ring (bicyclic) bond motifs is 1. The maximum atomic E-state index is 14.2. The van der Waals surface area contributed by atoms with Gasteiger partial charge in [-0.25, -0.2) is 9.37 Å². The van der Waals surface area contributed by atoms with E-state index >= 15 is 0 Å². The fourth-order valence-corrected chi connectivity index (χ4v) is 10.6. The van der Waals surface area contributed by atoms with E-state index in [0.29, 0.717) is 78.3 Å². The van der Waals surface area contributed by atoms with Crippen molar-refractivity contribution in [3.63, 3.8) is 0 Å². The predicted molar refractivity (Wildman–Crippen MR) is 290 cm³/mol. The second-order valence-corrected chi connectivity index (χ2v) is 21.8. The number of rotatable bonds is 17. The minimum absolute atomic E-state index is 0.0550. The van der Waals surface area contributed by atoms with E-state index in [-0.39, 0.29) is 37.9 Å². The molecule has 6 N–H and O–H groups in total. The van der Waals surface area contributed by atoms with Crippen molar-refractivity contribution in [3.8, 4) is 27.7 Å². The number of amides is 6. The summed E-state index contributed by atoms with van der Waals surface area (Å²) >= 11 is 1.56. The zero-order chi connectivity index (χ0) is 54.6. The molecule has 9 rings (SSSR count). The van der Waals surface area contributed by atoms with Crippen molar-refractivity contribution in [3.05, 3.63) is 120 Å². The van der Waals surface area contributed by atoms with Crippen molar-refractivity contribution in [2.24, 2.45) is 16.7 Å². The molecule has 0 unspecified atom stereocenters. The van der Waals surface area contributed by atoms with Crippen LogP contribution in [0.4, 0.5) is 21.5 Å². The fraction of sp³-hybridized carbons (Fsp3) is 0.368. The zero-order valence-electron chi connectivity index (χ0n) is 43.5. The van der Waals surface area contributed by atoms with Gasteiger partial charge in [0.25, 0.3) is 0 Å². The normalized spacial score (nSPS) is 17.5. The number of hydrogen-bond donors (Lipinski definition) is 6. The maximum absolute atomic E-state index is 14.2. The third-order valence-corrected chi connectivity index (χ3v) is 15.4. The number of thiazole rings is 1. The molecule has 0 bridgehead atoms. The molecule has 3 atom stereocenters. The summed E-state index contributed by atoms with van der Waals surface area (Å²) < 4.78 is 25.5. The van der Waals surface area contributed by atoms with Gasteiger partial charge in [0.2, 0.25) is 35.4 Å². The molecule has 2 saturated heterocycles. The lowest BCUT2D eigenvalue weighted by atomic mass is 9.85. The maximum Gasteiger partial charge on any atom is 0.246 e. The molecule has 3 fully saturated rings. The summed E-state index contributed by atoms with van der Waals surface area (Å²) in [5.74, 6) is -1.85. The van der Waals surface area contributed by atoms with Gasteiger partial charge in [-0.15, -0.1) is 11.3 Å². The Morgan fingerprint density at radius 3 is 2.12 bits per heavy atom. The lowest BCUT2D eigenvalue weighted by Gasteiger charge is -2.35. The van der Waals surface area contributed by atoms with Crippen LogP contribution in [-0.4, -0.2) is 107 Å². The van der Waals surface area contributed by atoms with E-state index in [9.17, 15) is 38.3 Å². The lowest BCUT2D eigenvalue weighted by Crippen LogP contribution is -2.58. The topological polar surface area (TPSA) is 234 Å². The van der Waals surface area contributed by atoms with Gasteiger partial charge in [0.05, 0.1) is 47.0 Å². The molecule has 0 spiro atoms. The van der Waals surface area contributed by atoms with E-state index in [2.05, 4.69) is 41.5 Å². The Bertz CT molecular complexity index is 3170. The zero-order valence-corrected chi connectivity index (χ0v) is 44.3. The number of aromatic nitrogens is 2. The molecule has 4 aromatic carbocycles. The van der Waals surface area contributed by atoms with Crippen molar-refractivity contribution < 1.29 is 47.7 Å². The largest absolute Gasteiger partial charge is 0.495 e. The first-order valence-electron chi connectivity index (χ1n) is 25.6. The van der Waals surface area contributed by atoms with Crippen LogP contribution >= 0.6 is 11.3 Å². The van der Waals surface area contributed by atoms with Crippen LogP contribution in [0.15, 0.2) is 103 Å². The summed E-state index contributed by atoms with van der Waals surface area (Å²) in [5.41, 5.74) is 4.98. The first-order chi connectivity index (χ1) is 36.9. The quantitative estimate of drug-likeness (QED) is 0.0502. The number of benzene rings is 4. The van der Waals surface area contributed by atoms with Gasteiger partial charge in [-0.05, 0) is 116 Å². The number of ether oxygens (including phenoxy) is 2. The lowest BCUT2D eigenvalue weighted by molar-refractivity contribution is -0.144. The predicted octanol–water partition coefficient (Wildman–Crippen LogP) is 7.11. The van der Waals surface area contributed by atoms with Crippen molar-refractivity contribution in [2.45, 2.75) is 84.5 Å². The number of hydrogen-bond acceptors (Lipinski definition) is 13. The molecule has 4 heterocycles. The molecule has 20 heteroatoms. The van der Waals surface area contributed by atoms with E-state index in [1.165, 1.54) is 29.2 Å².